The highest BCUT2D eigenvalue weighted by Gasteiger charge is 2.31. The van der Waals surface area contributed by atoms with Gasteiger partial charge < -0.3 is 19.9 Å². The summed E-state index contributed by atoms with van der Waals surface area (Å²) >= 11 is 0. The average Bonchev–Trinajstić information content (AvgIpc) is 2.69. The number of hydrogen-bond acceptors (Lipinski definition) is 4. The van der Waals surface area contributed by atoms with Gasteiger partial charge in [-0.1, -0.05) is 0 Å². The summed E-state index contributed by atoms with van der Waals surface area (Å²) in [6, 6.07) is 4.49. The first-order valence-corrected chi connectivity index (χ1v) is 6.27. The number of aliphatic hydroxyl groups excluding tert-OH is 1. The fraction of sp³-hybridized carbons (Fsp3) is 0.357. The van der Waals surface area contributed by atoms with Gasteiger partial charge in [-0.2, -0.15) is 0 Å². The minimum Gasteiger partial charge on any atom is -0.508 e. The normalized spacial score (nSPS) is 22.2. The van der Waals surface area contributed by atoms with E-state index < -0.39 is 6.10 Å². The monoisotopic (exact) mass is 261 g/mol. The van der Waals surface area contributed by atoms with E-state index in [1.54, 1.807) is 13.0 Å². The molecule has 1 fully saturated rings. The van der Waals surface area contributed by atoms with Crippen molar-refractivity contribution in [3.63, 3.8) is 0 Å². The number of aryl methyl sites for hydroxylation is 1. The quantitative estimate of drug-likeness (QED) is 0.768. The molecule has 0 bridgehead atoms. The molecule has 2 atom stereocenters. The average molecular weight is 261 g/mol. The van der Waals surface area contributed by atoms with E-state index in [1.807, 2.05) is 0 Å². The number of benzene rings is 1. The second-order valence-electron chi connectivity index (χ2n) is 4.94. The molecule has 1 aliphatic carbocycles. The van der Waals surface area contributed by atoms with Gasteiger partial charge in [0, 0.05) is 11.5 Å². The Morgan fingerprint density at radius 2 is 2.21 bits per heavy atom. The predicted molar refractivity (Wildman–Crippen MR) is 69.1 cm³/mol. The number of carbonyl (C=O) groups excluding carboxylic acids is 1. The molecule has 1 aromatic heterocycles. The number of hydrogen-bond donors (Lipinski definition) is 3. The van der Waals surface area contributed by atoms with Gasteiger partial charge in [0.2, 0.25) is 0 Å². The minimum absolute atomic E-state index is 0.0997. The third kappa shape index (κ3) is 1.96. The van der Waals surface area contributed by atoms with Crippen molar-refractivity contribution in [2.45, 2.75) is 31.9 Å². The number of furan rings is 1. The number of fused-ring (bicyclic) bond motifs is 1. The topological polar surface area (TPSA) is 82.7 Å². The summed E-state index contributed by atoms with van der Waals surface area (Å²) in [5.74, 6) is 0.361. The molecule has 0 saturated heterocycles. The maximum absolute atomic E-state index is 12.2. The van der Waals surface area contributed by atoms with Crippen LogP contribution in [0.5, 0.6) is 5.75 Å². The number of nitrogens with one attached hydrogen (secondary N) is 1. The Kier molecular flexibility index (Phi) is 2.71. The number of rotatable bonds is 2. The maximum atomic E-state index is 12.2. The van der Waals surface area contributed by atoms with E-state index in [4.69, 9.17) is 4.42 Å². The lowest BCUT2D eigenvalue weighted by Gasteiger charge is -2.32. The van der Waals surface area contributed by atoms with E-state index in [-0.39, 0.29) is 17.7 Å². The van der Waals surface area contributed by atoms with Crippen LogP contribution in [0.15, 0.2) is 22.6 Å². The van der Waals surface area contributed by atoms with Gasteiger partial charge in [-0.3, -0.25) is 4.79 Å². The SMILES string of the molecule is Cc1oc2cc(O)ccc2c1C(=O)N[C@H]1CC[C@@H]1O. The predicted octanol–water partition coefficient (Wildman–Crippen LogP) is 1.70. The van der Waals surface area contributed by atoms with Gasteiger partial charge in [-0.15, -0.1) is 0 Å². The number of phenolic OH excluding ortho intramolecular Hbond substituents is 1. The highest BCUT2D eigenvalue weighted by molar-refractivity contribution is 6.07. The van der Waals surface area contributed by atoms with Gasteiger partial charge in [0.1, 0.15) is 17.1 Å². The fourth-order valence-corrected chi connectivity index (χ4v) is 2.38. The zero-order valence-electron chi connectivity index (χ0n) is 10.5. The molecule has 3 N–H and O–H groups in total. The molecule has 1 amide bonds. The summed E-state index contributed by atoms with van der Waals surface area (Å²) < 4.78 is 5.48. The summed E-state index contributed by atoms with van der Waals surface area (Å²) in [5.41, 5.74) is 0.950. The third-order valence-electron chi connectivity index (χ3n) is 3.63. The zero-order chi connectivity index (χ0) is 13.6. The van der Waals surface area contributed by atoms with Gasteiger partial charge >= 0.3 is 0 Å². The van der Waals surface area contributed by atoms with Crippen LogP contribution < -0.4 is 5.32 Å². The van der Waals surface area contributed by atoms with Crippen LogP contribution in [0, 0.1) is 6.92 Å². The molecule has 19 heavy (non-hydrogen) atoms. The lowest BCUT2D eigenvalue weighted by Crippen LogP contribution is -2.50. The number of carbonyl (C=O) groups is 1. The molecule has 2 aromatic rings. The summed E-state index contributed by atoms with van der Waals surface area (Å²) in [4.78, 5) is 12.2. The minimum atomic E-state index is -0.452. The van der Waals surface area contributed by atoms with Crippen LogP contribution in [-0.4, -0.2) is 28.3 Å². The zero-order valence-corrected chi connectivity index (χ0v) is 10.5. The van der Waals surface area contributed by atoms with Crippen LogP contribution >= 0.6 is 0 Å². The van der Waals surface area contributed by atoms with Crippen LogP contribution in [0.25, 0.3) is 11.0 Å². The molecule has 1 saturated carbocycles. The van der Waals surface area contributed by atoms with Crippen LogP contribution in [0.4, 0.5) is 0 Å². The van der Waals surface area contributed by atoms with Crippen LogP contribution in [0.2, 0.25) is 0 Å². The number of amides is 1. The van der Waals surface area contributed by atoms with Gasteiger partial charge in [0.25, 0.3) is 5.91 Å². The highest BCUT2D eigenvalue weighted by atomic mass is 16.3. The first kappa shape index (κ1) is 12.0. The first-order chi connectivity index (χ1) is 9.06. The lowest BCUT2D eigenvalue weighted by molar-refractivity contribution is 0.0447. The van der Waals surface area contributed by atoms with E-state index in [1.165, 1.54) is 12.1 Å². The van der Waals surface area contributed by atoms with Crippen molar-refractivity contribution in [3.05, 3.63) is 29.5 Å². The molecular formula is C14H15NO4. The Hall–Kier alpha value is -2.01. The lowest BCUT2D eigenvalue weighted by atomic mass is 9.89. The number of phenols is 1. The molecule has 5 heteroatoms. The van der Waals surface area contributed by atoms with Gasteiger partial charge in [0.15, 0.2) is 0 Å². The Balaban J connectivity index is 1.95. The van der Waals surface area contributed by atoms with Crippen LogP contribution in [0.1, 0.15) is 29.0 Å². The molecule has 1 aromatic carbocycles. The van der Waals surface area contributed by atoms with Crippen molar-refractivity contribution in [1.82, 2.24) is 5.32 Å². The second kappa shape index (κ2) is 4.28. The maximum Gasteiger partial charge on any atom is 0.255 e. The van der Waals surface area contributed by atoms with Crippen LogP contribution in [-0.2, 0) is 0 Å². The van der Waals surface area contributed by atoms with E-state index in [0.29, 0.717) is 22.3 Å². The van der Waals surface area contributed by atoms with Gasteiger partial charge in [-0.05, 0) is 31.9 Å². The summed E-state index contributed by atoms with van der Waals surface area (Å²) in [5, 5.41) is 22.4. The van der Waals surface area contributed by atoms with Crippen molar-refractivity contribution in [2.75, 3.05) is 0 Å². The molecule has 0 unspecified atom stereocenters. The number of aliphatic hydroxyl groups is 1. The summed E-state index contributed by atoms with van der Waals surface area (Å²) in [6.45, 7) is 1.71. The molecule has 0 spiro atoms. The van der Waals surface area contributed by atoms with Crippen molar-refractivity contribution in [2.24, 2.45) is 0 Å². The Morgan fingerprint density at radius 3 is 2.84 bits per heavy atom. The summed E-state index contributed by atoms with van der Waals surface area (Å²) in [7, 11) is 0. The van der Waals surface area contributed by atoms with Crippen molar-refractivity contribution in [3.8, 4) is 5.75 Å². The molecule has 3 rings (SSSR count). The van der Waals surface area contributed by atoms with Gasteiger partial charge in [-0.25, -0.2) is 0 Å². The molecule has 1 heterocycles. The first-order valence-electron chi connectivity index (χ1n) is 6.27. The molecular weight excluding hydrogens is 246 g/mol. The van der Waals surface area contributed by atoms with Crippen molar-refractivity contribution >= 4 is 16.9 Å². The summed E-state index contributed by atoms with van der Waals surface area (Å²) in [6.07, 6.45) is 1.07. The smallest absolute Gasteiger partial charge is 0.255 e. The molecule has 0 radical (unpaired) electrons. The fourth-order valence-electron chi connectivity index (χ4n) is 2.38. The largest absolute Gasteiger partial charge is 0.508 e. The van der Waals surface area contributed by atoms with Crippen molar-refractivity contribution < 1.29 is 19.4 Å². The Bertz CT molecular complexity index is 646. The highest BCUT2D eigenvalue weighted by Crippen LogP contribution is 2.29. The molecule has 0 aliphatic heterocycles. The van der Waals surface area contributed by atoms with Crippen LogP contribution in [0.3, 0.4) is 0 Å². The van der Waals surface area contributed by atoms with E-state index >= 15 is 0 Å². The van der Waals surface area contributed by atoms with E-state index in [2.05, 4.69) is 5.32 Å². The molecule has 5 nitrogen and oxygen atoms in total. The van der Waals surface area contributed by atoms with Crippen molar-refractivity contribution in [1.29, 1.82) is 0 Å². The molecule has 100 valence electrons. The van der Waals surface area contributed by atoms with E-state index in [0.717, 1.165) is 12.8 Å². The third-order valence-corrected chi connectivity index (χ3v) is 3.63. The Morgan fingerprint density at radius 1 is 1.42 bits per heavy atom. The van der Waals surface area contributed by atoms with Gasteiger partial charge in [0.05, 0.1) is 17.7 Å². The number of aromatic hydroxyl groups is 1. The standard InChI is InChI=1S/C14H15NO4/c1-7-13(14(18)15-10-4-5-11(10)17)9-3-2-8(16)6-12(9)19-7/h2-3,6,10-11,16-17H,4-5H2,1H3,(H,15,18)/t10-,11-/m0/s1. The second-order valence-corrected chi connectivity index (χ2v) is 4.94. The molecule has 1 aliphatic rings. The van der Waals surface area contributed by atoms with E-state index in [9.17, 15) is 15.0 Å². The Labute approximate surface area is 109 Å².